The fourth-order valence-electron chi connectivity index (χ4n) is 0.887. The second kappa shape index (κ2) is 4.06. The molecule has 8 heteroatoms. The molecule has 0 saturated carbocycles. The van der Waals surface area contributed by atoms with Crippen LogP contribution in [-0.2, 0) is 0 Å². The highest BCUT2D eigenvalue weighted by atomic mass is 19.4. The molecule has 0 spiro atoms. The average Bonchev–Trinajstić information content (AvgIpc) is 2.18. The van der Waals surface area contributed by atoms with Gasteiger partial charge in [-0.1, -0.05) is 0 Å². The SMILES string of the molecule is N#Cc1cc(N)c(C=O)nc1OC(F)(F)F. The van der Waals surface area contributed by atoms with Crippen LogP contribution in [0.15, 0.2) is 6.07 Å². The van der Waals surface area contributed by atoms with E-state index < -0.39 is 23.5 Å². The summed E-state index contributed by atoms with van der Waals surface area (Å²) in [6, 6.07) is 2.31. The zero-order valence-electron chi connectivity index (χ0n) is 7.58. The average molecular weight is 231 g/mol. The van der Waals surface area contributed by atoms with E-state index in [1.165, 1.54) is 6.07 Å². The summed E-state index contributed by atoms with van der Waals surface area (Å²) >= 11 is 0. The van der Waals surface area contributed by atoms with Gasteiger partial charge in [-0.05, 0) is 6.07 Å². The van der Waals surface area contributed by atoms with Crippen LogP contribution in [-0.4, -0.2) is 17.6 Å². The normalized spacial score (nSPS) is 10.6. The first-order valence-corrected chi connectivity index (χ1v) is 3.79. The topological polar surface area (TPSA) is 89.0 Å². The lowest BCUT2D eigenvalue weighted by atomic mass is 10.2. The van der Waals surface area contributed by atoms with Crippen molar-refractivity contribution < 1.29 is 22.7 Å². The maximum atomic E-state index is 11.9. The molecule has 1 heterocycles. The molecule has 0 bridgehead atoms. The number of nitrogen functional groups attached to an aromatic ring is 1. The molecule has 1 aromatic rings. The van der Waals surface area contributed by atoms with Crippen molar-refractivity contribution in [2.45, 2.75) is 6.36 Å². The quantitative estimate of drug-likeness (QED) is 0.773. The van der Waals surface area contributed by atoms with Gasteiger partial charge in [0.05, 0.1) is 5.69 Å². The summed E-state index contributed by atoms with van der Waals surface area (Å²) in [7, 11) is 0. The van der Waals surface area contributed by atoms with Crippen molar-refractivity contribution in [3.05, 3.63) is 17.3 Å². The third-order valence-corrected chi connectivity index (χ3v) is 1.49. The molecule has 0 unspecified atom stereocenters. The van der Waals surface area contributed by atoms with Crippen LogP contribution in [0.1, 0.15) is 16.1 Å². The van der Waals surface area contributed by atoms with E-state index in [9.17, 15) is 18.0 Å². The minimum absolute atomic E-state index is 0.166. The van der Waals surface area contributed by atoms with Crippen molar-refractivity contribution in [3.63, 3.8) is 0 Å². The highest BCUT2D eigenvalue weighted by Crippen LogP contribution is 2.26. The maximum absolute atomic E-state index is 11.9. The largest absolute Gasteiger partial charge is 0.574 e. The highest BCUT2D eigenvalue weighted by Gasteiger charge is 2.33. The third-order valence-electron chi connectivity index (χ3n) is 1.49. The predicted molar refractivity (Wildman–Crippen MR) is 45.4 cm³/mol. The lowest BCUT2D eigenvalue weighted by Gasteiger charge is -2.10. The van der Waals surface area contributed by atoms with Gasteiger partial charge >= 0.3 is 6.36 Å². The first-order chi connectivity index (χ1) is 7.37. The molecule has 0 aliphatic carbocycles. The third kappa shape index (κ3) is 2.60. The summed E-state index contributed by atoms with van der Waals surface area (Å²) in [5.74, 6) is -0.994. The first kappa shape index (κ1) is 11.8. The van der Waals surface area contributed by atoms with Crippen molar-refractivity contribution in [1.29, 1.82) is 5.26 Å². The summed E-state index contributed by atoms with van der Waals surface area (Å²) < 4.78 is 39.2. The van der Waals surface area contributed by atoms with E-state index in [2.05, 4.69) is 9.72 Å². The molecule has 1 aromatic heterocycles. The number of hydrogen-bond acceptors (Lipinski definition) is 5. The number of pyridine rings is 1. The van der Waals surface area contributed by atoms with Gasteiger partial charge in [-0.2, -0.15) is 5.26 Å². The number of halogens is 3. The Kier molecular flexibility index (Phi) is 2.99. The number of nitriles is 1. The minimum atomic E-state index is -4.99. The van der Waals surface area contributed by atoms with Gasteiger partial charge in [0.1, 0.15) is 17.3 Å². The number of ether oxygens (including phenoxy) is 1. The molecular formula is C8H4F3N3O2. The molecule has 0 aliphatic heterocycles. The van der Waals surface area contributed by atoms with Crippen LogP contribution in [0.4, 0.5) is 18.9 Å². The summed E-state index contributed by atoms with van der Waals surface area (Å²) in [5.41, 5.74) is 4.15. The van der Waals surface area contributed by atoms with Gasteiger partial charge in [0.2, 0.25) is 5.88 Å². The lowest BCUT2D eigenvalue weighted by Crippen LogP contribution is -2.19. The van der Waals surface area contributed by atoms with Gasteiger partial charge in [-0.3, -0.25) is 4.79 Å². The fraction of sp³-hybridized carbons (Fsp3) is 0.125. The smallest absolute Gasteiger partial charge is 0.397 e. The Morgan fingerprint density at radius 2 is 2.19 bits per heavy atom. The van der Waals surface area contributed by atoms with E-state index in [1.54, 1.807) is 0 Å². The molecule has 0 radical (unpaired) electrons. The molecule has 1 rings (SSSR count). The van der Waals surface area contributed by atoms with Crippen molar-refractivity contribution >= 4 is 12.0 Å². The molecule has 0 aromatic carbocycles. The Morgan fingerprint density at radius 1 is 1.56 bits per heavy atom. The van der Waals surface area contributed by atoms with Crippen LogP contribution >= 0.6 is 0 Å². The van der Waals surface area contributed by atoms with E-state index >= 15 is 0 Å². The number of carbonyl (C=O) groups is 1. The Morgan fingerprint density at radius 3 is 2.62 bits per heavy atom. The number of hydrogen-bond donors (Lipinski definition) is 1. The standard InChI is InChI=1S/C8H4F3N3O2/c9-8(10,11)16-7-4(2-12)1-5(13)6(3-15)14-7/h1,3H,13H2. The predicted octanol–water partition coefficient (Wildman–Crippen LogP) is 1.25. The van der Waals surface area contributed by atoms with Gasteiger partial charge in [-0.25, -0.2) is 4.98 Å². The summed E-state index contributed by atoms with van der Waals surface area (Å²) in [6.07, 6.45) is -4.82. The first-order valence-electron chi connectivity index (χ1n) is 3.79. The number of anilines is 1. The number of nitrogens with zero attached hydrogens (tertiary/aromatic N) is 2. The highest BCUT2D eigenvalue weighted by molar-refractivity contribution is 5.81. The monoisotopic (exact) mass is 231 g/mol. The molecule has 0 amide bonds. The number of aldehydes is 1. The van der Waals surface area contributed by atoms with Gasteiger partial charge in [0.25, 0.3) is 0 Å². The molecule has 5 nitrogen and oxygen atoms in total. The second-order valence-electron chi connectivity index (χ2n) is 2.59. The van der Waals surface area contributed by atoms with Crippen LogP contribution in [0.3, 0.4) is 0 Å². The maximum Gasteiger partial charge on any atom is 0.574 e. The van der Waals surface area contributed by atoms with Gasteiger partial charge in [0, 0.05) is 0 Å². The molecule has 0 fully saturated rings. The molecule has 84 valence electrons. The number of alkyl halides is 3. The zero-order chi connectivity index (χ0) is 12.3. The van der Waals surface area contributed by atoms with E-state index in [1.807, 2.05) is 0 Å². The Hall–Kier alpha value is -2.30. The van der Waals surface area contributed by atoms with Crippen molar-refractivity contribution in [1.82, 2.24) is 4.98 Å². The number of nitrogens with two attached hydrogens (primary N) is 1. The van der Waals surface area contributed by atoms with Crippen LogP contribution in [0.5, 0.6) is 5.88 Å². The molecule has 0 atom stereocenters. The van der Waals surface area contributed by atoms with E-state index in [4.69, 9.17) is 11.0 Å². The van der Waals surface area contributed by atoms with E-state index in [0.29, 0.717) is 0 Å². The van der Waals surface area contributed by atoms with Crippen LogP contribution in [0.2, 0.25) is 0 Å². The molecule has 0 aliphatic rings. The lowest BCUT2D eigenvalue weighted by molar-refractivity contribution is -0.276. The summed E-state index contributed by atoms with van der Waals surface area (Å²) in [6.45, 7) is 0. The minimum Gasteiger partial charge on any atom is -0.397 e. The molecular weight excluding hydrogens is 227 g/mol. The van der Waals surface area contributed by atoms with Gasteiger partial charge < -0.3 is 10.5 Å². The zero-order valence-corrected chi connectivity index (χ0v) is 7.58. The van der Waals surface area contributed by atoms with Crippen LogP contribution in [0.25, 0.3) is 0 Å². The Bertz CT molecular complexity index is 465. The van der Waals surface area contributed by atoms with Gasteiger partial charge in [-0.15, -0.1) is 13.2 Å². The van der Waals surface area contributed by atoms with Crippen LogP contribution < -0.4 is 10.5 Å². The summed E-state index contributed by atoms with van der Waals surface area (Å²) in [5, 5.41) is 8.52. The van der Waals surface area contributed by atoms with Crippen LogP contribution in [0, 0.1) is 11.3 Å². The number of carbonyl (C=O) groups excluding carboxylic acids is 1. The van der Waals surface area contributed by atoms with Crippen molar-refractivity contribution in [3.8, 4) is 11.9 Å². The Balaban J connectivity index is 3.27. The fourth-order valence-corrected chi connectivity index (χ4v) is 0.887. The van der Waals surface area contributed by atoms with Crippen molar-refractivity contribution in [2.24, 2.45) is 0 Å². The van der Waals surface area contributed by atoms with Gasteiger partial charge in [0.15, 0.2) is 6.29 Å². The summed E-state index contributed by atoms with van der Waals surface area (Å²) in [4.78, 5) is 13.6. The van der Waals surface area contributed by atoms with E-state index in [0.717, 1.165) is 6.07 Å². The molecule has 2 N–H and O–H groups in total. The number of rotatable bonds is 2. The van der Waals surface area contributed by atoms with Crippen molar-refractivity contribution in [2.75, 3.05) is 5.73 Å². The Labute approximate surface area is 87.3 Å². The molecule has 16 heavy (non-hydrogen) atoms. The molecule has 0 saturated heterocycles. The van der Waals surface area contributed by atoms with E-state index in [-0.39, 0.29) is 12.0 Å². The number of aromatic nitrogens is 1. The second-order valence-corrected chi connectivity index (χ2v) is 2.59.